The van der Waals surface area contributed by atoms with E-state index in [4.69, 9.17) is 4.74 Å². The van der Waals surface area contributed by atoms with Crippen LogP contribution in [0.15, 0.2) is 23.3 Å². The minimum atomic E-state index is -2.11. The Morgan fingerprint density at radius 2 is 2.03 bits per heavy atom. The number of esters is 1. The fourth-order valence-electron chi connectivity index (χ4n) is 6.83. The van der Waals surface area contributed by atoms with E-state index in [1.807, 2.05) is 6.92 Å². The van der Waals surface area contributed by atoms with Gasteiger partial charge < -0.3 is 20.1 Å². The minimum absolute atomic E-state index is 0.0272. The normalized spacial score (nSPS) is 45.5. The summed E-state index contributed by atoms with van der Waals surface area (Å²) in [6, 6.07) is 0. The van der Waals surface area contributed by atoms with Crippen LogP contribution in [0.2, 0.25) is 0 Å². The van der Waals surface area contributed by atoms with E-state index in [-0.39, 0.29) is 28.6 Å². The van der Waals surface area contributed by atoms with Crippen LogP contribution in [0.1, 0.15) is 41.0 Å². The maximum absolute atomic E-state index is 14.1. The van der Waals surface area contributed by atoms with Crippen LogP contribution in [0.3, 0.4) is 0 Å². The molecule has 162 valence electrons. The highest BCUT2D eigenvalue weighted by atomic mass is 16.6. The Labute approximate surface area is 177 Å². The van der Waals surface area contributed by atoms with Crippen molar-refractivity contribution in [2.45, 2.75) is 58.8 Å². The standard InChI is InChI=1S/C24H30O6/c1-6-7-17(26)30-21-12(2)10-23-13(3)8-16-18(22(16,4)5)15(20(23)28)9-14(11-25)19(27)24(21,23)29/h9-10,13,15-16,18-19,21,25,27,29H,8,11H2,1-5H3/t13-,15+,16-,18+,19-,21+,23-,24+/m1/s1. The van der Waals surface area contributed by atoms with Gasteiger partial charge in [0.25, 0.3) is 0 Å². The van der Waals surface area contributed by atoms with E-state index in [9.17, 15) is 24.9 Å². The number of carbonyl (C=O) groups is 2. The summed E-state index contributed by atoms with van der Waals surface area (Å²) in [5.41, 5.74) is -2.85. The molecule has 0 heterocycles. The average molecular weight is 414 g/mol. The molecule has 2 bridgehead atoms. The van der Waals surface area contributed by atoms with Crippen LogP contribution in [-0.4, -0.2) is 51.5 Å². The predicted octanol–water partition coefficient (Wildman–Crippen LogP) is 1.39. The zero-order chi connectivity index (χ0) is 22.2. The predicted molar refractivity (Wildman–Crippen MR) is 109 cm³/mol. The summed E-state index contributed by atoms with van der Waals surface area (Å²) in [6.45, 7) is 8.90. The monoisotopic (exact) mass is 414 g/mol. The largest absolute Gasteiger partial charge is 0.445 e. The summed E-state index contributed by atoms with van der Waals surface area (Å²) in [6.07, 6.45) is 1.29. The number of aliphatic hydroxyl groups is 3. The molecule has 4 aliphatic rings. The lowest BCUT2D eigenvalue weighted by atomic mass is 9.59. The Morgan fingerprint density at radius 1 is 1.37 bits per heavy atom. The first-order valence-corrected chi connectivity index (χ1v) is 10.6. The first-order chi connectivity index (χ1) is 14.0. The topological polar surface area (TPSA) is 104 Å². The summed E-state index contributed by atoms with van der Waals surface area (Å²) >= 11 is 0. The summed E-state index contributed by atoms with van der Waals surface area (Å²) < 4.78 is 5.51. The van der Waals surface area contributed by atoms with E-state index in [0.29, 0.717) is 11.5 Å². The van der Waals surface area contributed by atoms with Crippen molar-refractivity contribution >= 4 is 11.8 Å². The van der Waals surface area contributed by atoms with E-state index < -0.39 is 41.7 Å². The number of hydrogen-bond donors (Lipinski definition) is 3. The molecule has 6 nitrogen and oxygen atoms in total. The second kappa shape index (κ2) is 6.53. The molecule has 0 aromatic carbocycles. The molecule has 0 radical (unpaired) electrons. The average Bonchev–Trinajstić information content (AvgIpc) is 3.16. The summed E-state index contributed by atoms with van der Waals surface area (Å²) in [7, 11) is 0. The number of hydrogen-bond acceptors (Lipinski definition) is 6. The van der Waals surface area contributed by atoms with Crippen molar-refractivity contribution in [2.24, 2.45) is 34.5 Å². The first-order valence-electron chi connectivity index (χ1n) is 10.6. The third-order valence-corrected chi connectivity index (χ3v) is 8.35. The molecule has 8 atom stereocenters. The van der Waals surface area contributed by atoms with Crippen molar-refractivity contribution in [3.63, 3.8) is 0 Å². The van der Waals surface area contributed by atoms with Crippen molar-refractivity contribution in [1.29, 1.82) is 0 Å². The van der Waals surface area contributed by atoms with Gasteiger partial charge in [-0.1, -0.05) is 38.8 Å². The molecule has 0 unspecified atom stereocenters. The van der Waals surface area contributed by atoms with Crippen molar-refractivity contribution < 1.29 is 29.6 Å². The highest BCUT2D eigenvalue weighted by molar-refractivity contribution is 5.96. The van der Waals surface area contributed by atoms with E-state index >= 15 is 0 Å². The number of rotatable bonds is 2. The molecule has 0 aliphatic heterocycles. The maximum Gasteiger partial charge on any atom is 0.385 e. The number of ketones is 1. The Bertz CT molecular complexity index is 933. The number of allylic oxidation sites excluding steroid dienone is 1. The van der Waals surface area contributed by atoms with Crippen molar-refractivity contribution in [2.75, 3.05) is 6.61 Å². The lowest BCUT2D eigenvalue weighted by molar-refractivity contribution is -0.200. The quantitative estimate of drug-likeness (QED) is 0.273. The Kier molecular flexibility index (Phi) is 4.63. The third kappa shape index (κ3) is 2.37. The minimum Gasteiger partial charge on any atom is -0.445 e. The molecule has 1 spiro atoms. The Balaban J connectivity index is 1.93. The number of fused-ring (bicyclic) bond motifs is 3. The Hall–Kier alpha value is -1.94. The van der Waals surface area contributed by atoms with Gasteiger partial charge in [-0.05, 0) is 54.6 Å². The lowest BCUT2D eigenvalue weighted by Gasteiger charge is -2.48. The molecule has 2 fully saturated rings. The molecule has 0 amide bonds. The van der Waals surface area contributed by atoms with Crippen LogP contribution in [0.5, 0.6) is 0 Å². The zero-order valence-electron chi connectivity index (χ0n) is 18.1. The van der Waals surface area contributed by atoms with Gasteiger partial charge in [0.2, 0.25) is 0 Å². The van der Waals surface area contributed by atoms with Crippen LogP contribution < -0.4 is 0 Å². The van der Waals surface area contributed by atoms with Gasteiger partial charge in [0.05, 0.1) is 12.0 Å². The van der Waals surface area contributed by atoms with Crippen LogP contribution in [-0.2, 0) is 14.3 Å². The zero-order valence-corrected chi connectivity index (χ0v) is 18.1. The molecule has 0 saturated heterocycles. The molecule has 0 aromatic heterocycles. The van der Waals surface area contributed by atoms with Crippen LogP contribution in [0, 0.1) is 46.3 Å². The molecule has 4 rings (SSSR count). The van der Waals surface area contributed by atoms with Gasteiger partial charge >= 0.3 is 5.97 Å². The van der Waals surface area contributed by atoms with Crippen molar-refractivity contribution in [3.05, 3.63) is 23.3 Å². The number of ether oxygens (including phenoxy) is 1. The summed E-state index contributed by atoms with van der Waals surface area (Å²) in [4.78, 5) is 26.3. The van der Waals surface area contributed by atoms with Gasteiger partial charge in [0, 0.05) is 11.8 Å². The van der Waals surface area contributed by atoms with Gasteiger partial charge in [-0.3, -0.25) is 4.79 Å². The van der Waals surface area contributed by atoms with Gasteiger partial charge in [-0.25, -0.2) is 4.79 Å². The number of aliphatic hydroxyl groups excluding tert-OH is 2. The van der Waals surface area contributed by atoms with Crippen molar-refractivity contribution in [3.8, 4) is 11.8 Å². The molecule has 30 heavy (non-hydrogen) atoms. The third-order valence-electron chi connectivity index (χ3n) is 8.35. The fraction of sp³-hybridized carbons (Fsp3) is 0.667. The first kappa shape index (κ1) is 21.3. The van der Waals surface area contributed by atoms with Crippen molar-refractivity contribution in [1.82, 2.24) is 0 Å². The molecule has 3 N–H and O–H groups in total. The summed E-state index contributed by atoms with van der Waals surface area (Å²) in [5.74, 6) is 3.35. The number of Topliss-reactive ketones (excluding diaryl/α,β-unsaturated/α-hetero) is 1. The Morgan fingerprint density at radius 3 is 2.63 bits per heavy atom. The van der Waals surface area contributed by atoms with E-state index in [1.54, 1.807) is 19.1 Å². The van der Waals surface area contributed by atoms with E-state index in [1.165, 1.54) is 6.92 Å². The van der Waals surface area contributed by atoms with E-state index in [0.717, 1.165) is 6.42 Å². The molecule has 2 saturated carbocycles. The lowest BCUT2D eigenvalue weighted by Crippen LogP contribution is -2.65. The molecular formula is C24H30O6. The van der Waals surface area contributed by atoms with Gasteiger partial charge in [-0.2, -0.15) is 0 Å². The fourth-order valence-corrected chi connectivity index (χ4v) is 6.83. The summed E-state index contributed by atoms with van der Waals surface area (Å²) in [5, 5.41) is 33.4. The van der Waals surface area contributed by atoms with Crippen LogP contribution in [0.25, 0.3) is 0 Å². The van der Waals surface area contributed by atoms with Gasteiger partial charge in [0.15, 0.2) is 17.5 Å². The molecule has 6 heteroatoms. The second-order valence-electron chi connectivity index (χ2n) is 10.0. The molecule has 0 aromatic rings. The smallest absolute Gasteiger partial charge is 0.385 e. The second-order valence-corrected chi connectivity index (χ2v) is 10.0. The van der Waals surface area contributed by atoms with Gasteiger partial charge in [0.1, 0.15) is 6.10 Å². The molecular weight excluding hydrogens is 384 g/mol. The van der Waals surface area contributed by atoms with Crippen LogP contribution in [0.4, 0.5) is 0 Å². The highest BCUT2D eigenvalue weighted by Gasteiger charge is 2.76. The highest BCUT2D eigenvalue weighted by Crippen LogP contribution is 2.71. The SMILES string of the molecule is CC#CC(=O)O[C@H]1C(C)=C[C@@]23C(=O)[C@@H](C=C(CO)[C@@H](O)[C@]12O)[C@H]1[C@@H](C[C@H]3C)C1(C)C. The van der Waals surface area contributed by atoms with Gasteiger partial charge in [-0.15, -0.1) is 0 Å². The molecule has 4 aliphatic carbocycles. The maximum atomic E-state index is 14.1. The van der Waals surface area contributed by atoms with E-state index in [2.05, 4.69) is 25.7 Å². The number of carbonyl (C=O) groups excluding carboxylic acids is 2. The van der Waals surface area contributed by atoms with Crippen LogP contribution >= 0.6 is 0 Å².